The zero-order valence-electron chi connectivity index (χ0n) is 11.1. The monoisotopic (exact) mass is 349 g/mol. The first kappa shape index (κ1) is 18.5. The molecule has 0 amide bonds. The Kier molecular flexibility index (Phi) is 11.0. The van der Waals surface area contributed by atoms with Crippen LogP contribution >= 0.6 is 0 Å². The van der Waals surface area contributed by atoms with Crippen molar-refractivity contribution in [3.63, 3.8) is 0 Å². The molecule has 1 radical (unpaired) electrons. The summed E-state index contributed by atoms with van der Waals surface area (Å²) in [5.41, 5.74) is 0. The Morgan fingerprint density at radius 1 is 1.00 bits per heavy atom. The minimum atomic E-state index is -1.31. The van der Waals surface area contributed by atoms with Gasteiger partial charge < -0.3 is 4.18 Å². The van der Waals surface area contributed by atoms with E-state index in [-0.39, 0.29) is 32.7 Å². The predicted molar refractivity (Wildman–Crippen MR) is 75.1 cm³/mol. The van der Waals surface area contributed by atoms with Gasteiger partial charge in [-0.1, -0.05) is 18.2 Å². The maximum absolute atomic E-state index is 11.2. The van der Waals surface area contributed by atoms with Crippen LogP contribution in [0.3, 0.4) is 0 Å². The molecule has 0 aliphatic rings. The fourth-order valence-electron chi connectivity index (χ4n) is 0.989. The van der Waals surface area contributed by atoms with Crippen molar-refractivity contribution >= 4 is 11.1 Å². The first-order valence-electron chi connectivity index (χ1n) is 5.56. The first-order valence-corrected chi connectivity index (χ1v) is 6.64. The zero-order chi connectivity index (χ0) is 13.2. The summed E-state index contributed by atoms with van der Waals surface area (Å²) >= 11 is -1.31. The average Bonchev–Trinajstić information content (AvgIpc) is 2.42. The molecule has 2 rings (SSSR count). The third-order valence-electron chi connectivity index (χ3n) is 1.86. The molecule has 19 heavy (non-hydrogen) atoms. The van der Waals surface area contributed by atoms with Crippen molar-refractivity contribution in [3.8, 4) is 5.75 Å². The molecule has 99 valence electrons. The van der Waals surface area contributed by atoms with Crippen LogP contribution < -0.4 is 4.18 Å². The largest absolute Gasteiger partial charge is 0.429 e. The summed E-state index contributed by atoms with van der Waals surface area (Å²) in [6, 6.07) is 21.6. The molecule has 0 saturated heterocycles. The van der Waals surface area contributed by atoms with Crippen LogP contribution in [0.1, 0.15) is 13.8 Å². The van der Waals surface area contributed by atoms with Gasteiger partial charge in [0.15, 0.2) is 0 Å². The average molecular weight is 349 g/mol. The van der Waals surface area contributed by atoms with Gasteiger partial charge in [-0.25, -0.2) is 0 Å². The molecule has 0 saturated carbocycles. The molecule has 2 aromatic carbocycles. The molecule has 0 bridgehead atoms. The van der Waals surface area contributed by atoms with Gasteiger partial charge in [0.1, 0.15) is 5.75 Å². The minimum Gasteiger partial charge on any atom is -0.429 e. The Bertz CT molecular complexity index is 420. The summed E-state index contributed by atoms with van der Waals surface area (Å²) in [6.07, 6.45) is 0. The van der Waals surface area contributed by atoms with Gasteiger partial charge in [0, 0.05) is 32.7 Å². The van der Waals surface area contributed by atoms with Crippen molar-refractivity contribution < 1.29 is 41.1 Å². The molecule has 0 heterocycles. The van der Waals surface area contributed by atoms with Gasteiger partial charge in [-0.05, 0) is 12.1 Å². The molecular formula is C15H16O2SY-2. The summed E-state index contributed by atoms with van der Waals surface area (Å²) in [5, 5.41) is 0.763. The van der Waals surface area contributed by atoms with Gasteiger partial charge in [0.05, 0.1) is 11.1 Å². The summed E-state index contributed by atoms with van der Waals surface area (Å²) in [4.78, 5) is 0. The molecule has 2 nitrogen and oxygen atoms in total. The topological polar surface area (TPSA) is 26.3 Å². The molecule has 1 atom stereocenters. The smallest absolute Gasteiger partial charge is 0.136 e. The van der Waals surface area contributed by atoms with Crippen LogP contribution in [0, 0.1) is 11.3 Å². The SMILES string of the molecule is C[C-](C)S(=O)Oc1ccccc1.[Y].[c-]1ccccc1. The molecule has 4 heteroatoms. The van der Waals surface area contributed by atoms with E-state index in [4.69, 9.17) is 4.18 Å². The van der Waals surface area contributed by atoms with Gasteiger partial charge in [-0.15, -0.1) is 0 Å². The third kappa shape index (κ3) is 9.09. The van der Waals surface area contributed by atoms with Gasteiger partial charge in [-0.2, -0.15) is 55.5 Å². The van der Waals surface area contributed by atoms with Gasteiger partial charge in [0.25, 0.3) is 0 Å². The second-order valence-corrected chi connectivity index (χ2v) is 5.07. The van der Waals surface area contributed by atoms with E-state index >= 15 is 0 Å². The van der Waals surface area contributed by atoms with E-state index in [9.17, 15) is 4.21 Å². The molecule has 2 aromatic rings. The van der Waals surface area contributed by atoms with E-state index in [2.05, 4.69) is 6.07 Å². The van der Waals surface area contributed by atoms with E-state index in [1.54, 1.807) is 26.0 Å². The van der Waals surface area contributed by atoms with Crippen LogP contribution in [-0.2, 0) is 43.8 Å². The fourth-order valence-corrected chi connectivity index (χ4v) is 1.44. The Balaban J connectivity index is 0.000000392. The molecular weight excluding hydrogens is 333 g/mol. The van der Waals surface area contributed by atoms with Gasteiger partial charge >= 0.3 is 0 Å². The molecule has 0 aliphatic heterocycles. The quantitative estimate of drug-likeness (QED) is 0.789. The zero-order valence-corrected chi connectivity index (χ0v) is 14.7. The maximum atomic E-state index is 11.2. The number of para-hydroxylation sites is 1. The number of hydrogen-bond donors (Lipinski definition) is 0. The van der Waals surface area contributed by atoms with Crippen molar-refractivity contribution in [2.45, 2.75) is 13.8 Å². The molecule has 0 N–H and O–H groups in total. The van der Waals surface area contributed by atoms with E-state index in [0.717, 1.165) is 5.25 Å². The Labute approximate surface area is 143 Å². The van der Waals surface area contributed by atoms with E-state index in [0.29, 0.717) is 5.75 Å². The summed E-state index contributed by atoms with van der Waals surface area (Å²) in [6.45, 7) is 3.55. The summed E-state index contributed by atoms with van der Waals surface area (Å²) in [5.74, 6) is 0.636. The van der Waals surface area contributed by atoms with Crippen LogP contribution in [0.15, 0.2) is 60.7 Å². The van der Waals surface area contributed by atoms with Crippen molar-refractivity contribution in [1.82, 2.24) is 0 Å². The second kappa shape index (κ2) is 11.3. The summed E-state index contributed by atoms with van der Waals surface area (Å²) in [7, 11) is 0. The molecule has 0 aromatic heterocycles. The van der Waals surface area contributed by atoms with Crippen LogP contribution in [0.25, 0.3) is 0 Å². The molecule has 0 spiro atoms. The molecule has 0 fully saturated rings. The third-order valence-corrected chi connectivity index (χ3v) is 2.87. The number of rotatable bonds is 3. The minimum absolute atomic E-state index is 0. The Morgan fingerprint density at radius 3 is 1.89 bits per heavy atom. The van der Waals surface area contributed by atoms with Crippen molar-refractivity contribution in [1.29, 1.82) is 0 Å². The van der Waals surface area contributed by atoms with Crippen molar-refractivity contribution in [2.24, 2.45) is 0 Å². The standard InChI is InChI=1S/C9H11O2S.C6H5.Y/c1-8(2)12(10)11-9-6-4-3-5-7-9;1-2-4-6-5-3-1;/h3-7H,1-2H3;1-5H;/q2*-1;. The van der Waals surface area contributed by atoms with Crippen LogP contribution in [0.4, 0.5) is 0 Å². The van der Waals surface area contributed by atoms with E-state index in [1.807, 2.05) is 48.5 Å². The van der Waals surface area contributed by atoms with Crippen LogP contribution in [0.2, 0.25) is 0 Å². The molecule has 0 aliphatic carbocycles. The predicted octanol–water partition coefficient (Wildman–Crippen LogP) is 3.79. The maximum Gasteiger partial charge on any atom is 0.136 e. The van der Waals surface area contributed by atoms with Crippen molar-refractivity contribution in [2.75, 3.05) is 0 Å². The number of hydrogen-bond acceptors (Lipinski definition) is 2. The van der Waals surface area contributed by atoms with E-state index in [1.165, 1.54) is 0 Å². The van der Waals surface area contributed by atoms with E-state index < -0.39 is 11.1 Å². The number of benzene rings is 2. The van der Waals surface area contributed by atoms with Crippen LogP contribution in [0.5, 0.6) is 5.75 Å². The van der Waals surface area contributed by atoms with Gasteiger partial charge in [0.2, 0.25) is 0 Å². The fraction of sp³-hybridized carbons (Fsp3) is 0.133. The van der Waals surface area contributed by atoms with Gasteiger partial charge in [-0.3, -0.25) is 4.21 Å². The second-order valence-electron chi connectivity index (χ2n) is 3.62. The van der Waals surface area contributed by atoms with Crippen molar-refractivity contribution in [3.05, 3.63) is 72.0 Å². The Hall–Kier alpha value is -0.506. The Morgan fingerprint density at radius 2 is 1.53 bits per heavy atom. The molecule has 1 unspecified atom stereocenters. The summed E-state index contributed by atoms with van der Waals surface area (Å²) < 4.78 is 16.3. The van der Waals surface area contributed by atoms with Crippen LogP contribution in [-0.4, -0.2) is 4.21 Å². The first-order chi connectivity index (χ1) is 8.70. The normalized spacial score (nSPS) is 10.7.